The lowest BCUT2D eigenvalue weighted by Crippen LogP contribution is -2.43. The molecule has 3 N–H and O–H groups in total. The van der Waals surface area contributed by atoms with E-state index in [1.165, 1.54) is 12.1 Å². The summed E-state index contributed by atoms with van der Waals surface area (Å²) in [6.45, 7) is 2.07. The average molecular weight is 443 g/mol. The van der Waals surface area contributed by atoms with Crippen LogP contribution in [-0.4, -0.2) is 62.1 Å². The van der Waals surface area contributed by atoms with Crippen molar-refractivity contribution >= 4 is 38.5 Å². The number of rotatable bonds is 6. The van der Waals surface area contributed by atoms with Gasteiger partial charge in [-0.2, -0.15) is 0 Å². The number of benzene rings is 2. The summed E-state index contributed by atoms with van der Waals surface area (Å²) in [6, 6.07) is 11.3. The number of hydrogen-bond acceptors (Lipinski definition) is 8. The molecule has 0 spiro atoms. The molecule has 11 heteroatoms. The number of primary sulfonamides is 1. The molecule has 10 nitrogen and oxygen atoms in total. The number of aromatic nitrogens is 2. The van der Waals surface area contributed by atoms with Crippen LogP contribution in [-0.2, 0) is 19.6 Å². The van der Waals surface area contributed by atoms with Gasteiger partial charge < -0.3 is 19.7 Å². The van der Waals surface area contributed by atoms with Crippen molar-refractivity contribution in [3.8, 4) is 5.75 Å². The minimum atomic E-state index is -3.76. The lowest BCUT2D eigenvalue weighted by molar-refractivity contribution is -0.137. The number of hydrogen-bond donors (Lipinski definition) is 2. The minimum absolute atomic E-state index is 0.0121. The van der Waals surface area contributed by atoms with E-state index >= 15 is 0 Å². The van der Waals surface area contributed by atoms with E-state index in [1.807, 2.05) is 6.07 Å². The zero-order chi connectivity index (χ0) is 21.8. The largest absolute Gasteiger partial charge is 0.481 e. The highest BCUT2D eigenvalue weighted by Gasteiger charge is 2.18. The summed E-state index contributed by atoms with van der Waals surface area (Å²) in [5.41, 5.74) is 1.14. The summed E-state index contributed by atoms with van der Waals surface area (Å²) < 4.78 is 33.8. The molecule has 0 aliphatic carbocycles. The number of anilines is 2. The third kappa shape index (κ3) is 5.08. The first-order valence-corrected chi connectivity index (χ1v) is 11.1. The molecule has 1 amide bonds. The first-order valence-electron chi connectivity index (χ1n) is 9.54. The number of carbonyl (C=O) groups excluding carboxylic acids is 1. The molecule has 31 heavy (non-hydrogen) atoms. The molecule has 1 saturated heterocycles. The Bertz CT molecular complexity index is 1190. The van der Waals surface area contributed by atoms with E-state index in [2.05, 4.69) is 15.3 Å². The molecule has 0 radical (unpaired) electrons. The molecule has 2 heterocycles. The van der Waals surface area contributed by atoms with E-state index in [4.69, 9.17) is 14.6 Å². The molecule has 1 aliphatic rings. The number of ether oxygens (including phenoxy) is 2. The van der Waals surface area contributed by atoms with Crippen molar-refractivity contribution in [3.05, 3.63) is 48.7 Å². The monoisotopic (exact) mass is 443 g/mol. The van der Waals surface area contributed by atoms with Crippen molar-refractivity contribution in [1.29, 1.82) is 0 Å². The van der Waals surface area contributed by atoms with Gasteiger partial charge in [0, 0.05) is 30.4 Å². The van der Waals surface area contributed by atoms with Gasteiger partial charge in [-0.1, -0.05) is 12.1 Å². The van der Waals surface area contributed by atoms with Crippen LogP contribution in [0.25, 0.3) is 10.9 Å². The van der Waals surface area contributed by atoms with Gasteiger partial charge in [0.25, 0.3) is 5.91 Å². The molecule has 2 aromatic carbocycles. The van der Waals surface area contributed by atoms with Crippen molar-refractivity contribution in [2.45, 2.75) is 4.90 Å². The maximum absolute atomic E-state index is 12.4. The van der Waals surface area contributed by atoms with E-state index in [0.29, 0.717) is 49.2 Å². The standard InChI is InChI=1S/C20H21N5O5S/c21-31(27,28)16-6-4-15(5-7-16)23-20-22-12-14-2-1-3-17(19(14)24-20)30-13-18(26)25-8-10-29-11-9-25/h1-7,12H,8-11,13H2,(H2,21,27,28)(H,22,23,24). The summed E-state index contributed by atoms with van der Waals surface area (Å²) in [5.74, 6) is 0.656. The number of para-hydroxylation sites is 1. The minimum Gasteiger partial charge on any atom is -0.481 e. The van der Waals surface area contributed by atoms with Crippen molar-refractivity contribution < 1.29 is 22.7 Å². The molecule has 1 aliphatic heterocycles. The van der Waals surface area contributed by atoms with Crippen LogP contribution in [0.4, 0.5) is 11.6 Å². The molecule has 0 saturated carbocycles. The molecule has 1 fully saturated rings. The molecular weight excluding hydrogens is 422 g/mol. The van der Waals surface area contributed by atoms with Crippen LogP contribution < -0.4 is 15.2 Å². The van der Waals surface area contributed by atoms with Crippen LogP contribution in [0.1, 0.15) is 0 Å². The number of carbonyl (C=O) groups is 1. The Morgan fingerprint density at radius 1 is 1.16 bits per heavy atom. The highest BCUT2D eigenvalue weighted by molar-refractivity contribution is 7.89. The number of nitrogens with one attached hydrogen (secondary N) is 1. The SMILES string of the molecule is NS(=O)(=O)c1ccc(Nc2ncc3cccc(OCC(=O)N4CCOCC4)c3n2)cc1. The lowest BCUT2D eigenvalue weighted by Gasteiger charge is -2.26. The molecule has 4 rings (SSSR count). The molecule has 0 unspecified atom stereocenters. The van der Waals surface area contributed by atoms with E-state index in [0.717, 1.165) is 5.39 Å². The molecule has 0 bridgehead atoms. The quantitative estimate of drug-likeness (QED) is 0.581. The number of nitrogens with two attached hydrogens (primary N) is 1. The highest BCUT2D eigenvalue weighted by Crippen LogP contribution is 2.25. The van der Waals surface area contributed by atoms with Gasteiger partial charge >= 0.3 is 0 Å². The second kappa shape index (κ2) is 8.84. The molecular formula is C20H21N5O5S. The smallest absolute Gasteiger partial charge is 0.260 e. The van der Waals surface area contributed by atoms with Crippen molar-refractivity contribution in [2.24, 2.45) is 5.14 Å². The number of sulfonamides is 1. The first-order chi connectivity index (χ1) is 14.9. The fourth-order valence-corrected chi connectivity index (χ4v) is 3.62. The maximum Gasteiger partial charge on any atom is 0.260 e. The predicted octanol–water partition coefficient (Wildman–Crippen LogP) is 1.26. The van der Waals surface area contributed by atoms with Crippen LogP contribution in [0.5, 0.6) is 5.75 Å². The summed E-state index contributed by atoms with van der Waals surface area (Å²) in [5, 5.41) is 8.89. The fourth-order valence-electron chi connectivity index (χ4n) is 3.11. The summed E-state index contributed by atoms with van der Waals surface area (Å²) >= 11 is 0. The van der Waals surface area contributed by atoms with Gasteiger partial charge in [-0.05, 0) is 30.3 Å². The van der Waals surface area contributed by atoms with Crippen LogP contribution in [0, 0.1) is 0 Å². The number of amides is 1. The molecule has 0 atom stereocenters. The second-order valence-corrected chi connectivity index (χ2v) is 8.43. The second-order valence-electron chi connectivity index (χ2n) is 6.86. The van der Waals surface area contributed by atoms with E-state index in [1.54, 1.807) is 35.4 Å². The predicted molar refractivity (Wildman–Crippen MR) is 114 cm³/mol. The van der Waals surface area contributed by atoms with Crippen LogP contribution >= 0.6 is 0 Å². The third-order valence-electron chi connectivity index (χ3n) is 4.73. The molecule has 1 aromatic heterocycles. The van der Waals surface area contributed by atoms with Gasteiger partial charge in [0.15, 0.2) is 6.61 Å². The number of morpholine rings is 1. The highest BCUT2D eigenvalue weighted by atomic mass is 32.2. The zero-order valence-corrected chi connectivity index (χ0v) is 17.3. The van der Waals surface area contributed by atoms with Crippen LogP contribution in [0.2, 0.25) is 0 Å². The Morgan fingerprint density at radius 2 is 1.90 bits per heavy atom. The van der Waals surface area contributed by atoms with Crippen molar-refractivity contribution in [1.82, 2.24) is 14.9 Å². The normalized spacial score (nSPS) is 14.4. The van der Waals surface area contributed by atoms with Gasteiger partial charge in [-0.15, -0.1) is 0 Å². The van der Waals surface area contributed by atoms with Gasteiger partial charge in [0.05, 0.1) is 18.1 Å². The van der Waals surface area contributed by atoms with Crippen molar-refractivity contribution in [2.75, 3.05) is 38.2 Å². The summed E-state index contributed by atoms with van der Waals surface area (Å²) in [6.07, 6.45) is 1.64. The zero-order valence-electron chi connectivity index (χ0n) is 16.5. The average Bonchev–Trinajstić information content (AvgIpc) is 2.78. The van der Waals surface area contributed by atoms with E-state index < -0.39 is 10.0 Å². The molecule has 162 valence electrons. The fraction of sp³-hybridized carbons (Fsp3) is 0.250. The van der Waals surface area contributed by atoms with Crippen LogP contribution in [0.3, 0.4) is 0 Å². The van der Waals surface area contributed by atoms with Gasteiger partial charge in [-0.3, -0.25) is 4.79 Å². The first kappa shape index (κ1) is 21.0. The number of fused-ring (bicyclic) bond motifs is 1. The topological polar surface area (TPSA) is 137 Å². The third-order valence-corrected chi connectivity index (χ3v) is 5.66. The Balaban J connectivity index is 1.50. The maximum atomic E-state index is 12.4. The van der Waals surface area contributed by atoms with E-state index in [-0.39, 0.29) is 17.4 Å². The Labute approximate surface area is 179 Å². The van der Waals surface area contributed by atoms with Gasteiger partial charge in [-0.25, -0.2) is 23.5 Å². The van der Waals surface area contributed by atoms with Crippen molar-refractivity contribution in [3.63, 3.8) is 0 Å². The Kier molecular flexibility index (Phi) is 5.98. The summed E-state index contributed by atoms with van der Waals surface area (Å²) in [7, 11) is -3.76. The number of nitrogens with zero attached hydrogens (tertiary/aromatic N) is 3. The van der Waals surface area contributed by atoms with Crippen LogP contribution in [0.15, 0.2) is 53.6 Å². The Morgan fingerprint density at radius 3 is 2.61 bits per heavy atom. The van der Waals surface area contributed by atoms with Gasteiger partial charge in [0.2, 0.25) is 16.0 Å². The van der Waals surface area contributed by atoms with Gasteiger partial charge in [0.1, 0.15) is 11.3 Å². The van der Waals surface area contributed by atoms with E-state index in [9.17, 15) is 13.2 Å². The Hall–Kier alpha value is -3.28. The lowest BCUT2D eigenvalue weighted by atomic mass is 10.2. The molecule has 3 aromatic rings. The summed E-state index contributed by atoms with van der Waals surface area (Å²) in [4.78, 5) is 22.9.